The molecule has 19 heavy (non-hydrogen) atoms. The van der Waals surface area contributed by atoms with Crippen LogP contribution >= 0.6 is 15.9 Å². The Balaban J connectivity index is 1.92. The number of nitrogens with one attached hydrogen (secondary N) is 1. The van der Waals surface area contributed by atoms with E-state index in [1.54, 1.807) is 0 Å². The van der Waals surface area contributed by atoms with Crippen LogP contribution in [-0.2, 0) is 6.54 Å². The molecule has 1 fully saturated rings. The Morgan fingerprint density at radius 3 is 2.74 bits per heavy atom. The van der Waals surface area contributed by atoms with Gasteiger partial charge >= 0.3 is 0 Å². The predicted octanol–water partition coefficient (Wildman–Crippen LogP) is 3.41. The van der Waals surface area contributed by atoms with Gasteiger partial charge in [0.2, 0.25) is 0 Å². The lowest BCUT2D eigenvalue weighted by molar-refractivity contribution is 0.207. The fourth-order valence-electron chi connectivity index (χ4n) is 2.63. The van der Waals surface area contributed by atoms with Gasteiger partial charge in [-0.3, -0.25) is 4.90 Å². The van der Waals surface area contributed by atoms with Gasteiger partial charge in [0.1, 0.15) is 5.82 Å². The second-order valence-electron chi connectivity index (χ2n) is 5.27. The zero-order chi connectivity index (χ0) is 13.7. The molecule has 4 heteroatoms. The molecular weight excluding hydrogens is 307 g/mol. The minimum atomic E-state index is -0.190. The molecule has 0 amide bonds. The molecule has 0 atom stereocenters. The van der Waals surface area contributed by atoms with Crippen molar-refractivity contribution in [1.29, 1.82) is 0 Å². The van der Waals surface area contributed by atoms with Gasteiger partial charge < -0.3 is 5.32 Å². The van der Waals surface area contributed by atoms with Crippen molar-refractivity contribution in [3.05, 3.63) is 34.1 Å². The highest BCUT2D eigenvalue weighted by atomic mass is 79.9. The number of hydrogen-bond acceptors (Lipinski definition) is 2. The van der Waals surface area contributed by atoms with Gasteiger partial charge in [0.25, 0.3) is 0 Å². The molecule has 0 aromatic heterocycles. The number of benzene rings is 1. The molecule has 1 aromatic carbocycles. The molecule has 0 aliphatic carbocycles. The van der Waals surface area contributed by atoms with E-state index in [0.717, 1.165) is 38.6 Å². The van der Waals surface area contributed by atoms with Gasteiger partial charge in [-0.2, -0.15) is 0 Å². The first-order chi connectivity index (χ1) is 9.19. The maximum absolute atomic E-state index is 13.2. The van der Waals surface area contributed by atoms with Crippen LogP contribution < -0.4 is 5.32 Å². The van der Waals surface area contributed by atoms with Gasteiger partial charge in [0.15, 0.2) is 0 Å². The third-order valence-electron chi connectivity index (χ3n) is 3.81. The van der Waals surface area contributed by atoms with E-state index in [1.165, 1.54) is 24.5 Å². The molecule has 2 nitrogen and oxygen atoms in total. The van der Waals surface area contributed by atoms with Crippen molar-refractivity contribution in [1.82, 2.24) is 10.2 Å². The summed E-state index contributed by atoms with van der Waals surface area (Å²) in [5.41, 5.74) is 1.17. The second-order valence-corrected chi connectivity index (χ2v) is 6.12. The summed E-state index contributed by atoms with van der Waals surface area (Å²) in [7, 11) is 0. The van der Waals surface area contributed by atoms with Gasteiger partial charge in [0.05, 0.1) is 4.47 Å². The van der Waals surface area contributed by atoms with Crippen molar-refractivity contribution >= 4 is 15.9 Å². The molecule has 106 valence electrons. The second kappa shape index (κ2) is 7.36. The first-order valence-corrected chi connectivity index (χ1v) is 7.85. The van der Waals surface area contributed by atoms with Crippen molar-refractivity contribution in [2.75, 3.05) is 26.2 Å². The minimum Gasteiger partial charge on any atom is -0.317 e. The minimum absolute atomic E-state index is 0.190. The third kappa shape index (κ3) is 4.55. The normalized spacial score (nSPS) is 17.1. The highest BCUT2D eigenvalue weighted by Gasteiger charge is 2.16. The van der Waals surface area contributed by atoms with Crippen LogP contribution in [0.3, 0.4) is 0 Å². The zero-order valence-electron chi connectivity index (χ0n) is 11.5. The van der Waals surface area contributed by atoms with E-state index in [4.69, 9.17) is 0 Å². The highest BCUT2D eigenvalue weighted by molar-refractivity contribution is 9.10. The molecule has 0 saturated carbocycles. The van der Waals surface area contributed by atoms with E-state index in [1.807, 2.05) is 12.1 Å². The van der Waals surface area contributed by atoms with Crippen LogP contribution in [0.5, 0.6) is 0 Å². The largest absolute Gasteiger partial charge is 0.317 e. The first kappa shape index (κ1) is 14.9. The molecule has 1 aliphatic heterocycles. The Morgan fingerprint density at radius 2 is 2.11 bits per heavy atom. The van der Waals surface area contributed by atoms with Crippen molar-refractivity contribution in [3.8, 4) is 0 Å². The molecule has 1 N–H and O–H groups in total. The fraction of sp³-hybridized carbons (Fsp3) is 0.600. The average molecular weight is 329 g/mol. The quantitative estimate of drug-likeness (QED) is 0.891. The molecule has 0 spiro atoms. The molecule has 2 rings (SSSR count). The van der Waals surface area contributed by atoms with E-state index in [9.17, 15) is 4.39 Å². The molecule has 0 bridgehead atoms. The Kier molecular flexibility index (Phi) is 5.79. The number of nitrogens with zero attached hydrogens (tertiary/aromatic N) is 1. The van der Waals surface area contributed by atoms with Gasteiger partial charge in [0, 0.05) is 13.1 Å². The van der Waals surface area contributed by atoms with Crippen LogP contribution in [0, 0.1) is 11.7 Å². The van der Waals surface area contributed by atoms with Crippen molar-refractivity contribution in [2.24, 2.45) is 5.92 Å². The van der Waals surface area contributed by atoms with Gasteiger partial charge in [-0.05, 0) is 72.0 Å². The van der Waals surface area contributed by atoms with Crippen LogP contribution in [0.1, 0.15) is 25.3 Å². The van der Waals surface area contributed by atoms with Gasteiger partial charge in [-0.15, -0.1) is 0 Å². The van der Waals surface area contributed by atoms with Gasteiger partial charge in [-0.1, -0.05) is 13.0 Å². The average Bonchev–Trinajstić information content (AvgIpc) is 2.43. The maximum Gasteiger partial charge on any atom is 0.137 e. The molecule has 1 aliphatic rings. The number of rotatable bonds is 5. The van der Waals surface area contributed by atoms with E-state index in [-0.39, 0.29) is 5.82 Å². The molecule has 1 aromatic rings. The Labute approximate surface area is 123 Å². The Morgan fingerprint density at radius 1 is 1.37 bits per heavy atom. The first-order valence-electron chi connectivity index (χ1n) is 7.06. The van der Waals surface area contributed by atoms with Crippen LogP contribution in [0.25, 0.3) is 0 Å². The standard InChI is InChI=1S/C15H22BrFN2/c1-2-19(10-12-5-7-18-8-6-12)11-13-3-4-15(17)14(16)9-13/h3-4,9,12,18H,2,5-8,10-11H2,1H3. The summed E-state index contributed by atoms with van der Waals surface area (Å²) < 4.78 is 13.8. The van der Waals surface area contributed by atoms with E-state index in [0.29, 0.717) is 4.47 Å². The van der Waals surface area contributed by atoms with E-state index in [2.05, 4.69) is 33.1 Å². The molecule has 1 heterocycles. The monoisotopic (exact) mass is 328 g/mol. The van der Waals surface area contributed by atoms with Crippen molar-refractivity contribution < 1.29 is 4.39 Å². The molecular formula is C15H22BrFN2. The summed E-state index contributed by atoms with van der Waals surface area (Å²) in [5, 5.41) is 3.40. The summed E-state index contributed by atoms with van der Waals surface area (Å²) in [4.78, 5) is 2.45. The smallest absolute Gasteiger partial charge is 0.137 e. The number of halogens is 2. The summed E-state index contributed by atoms with van der Waals surface area (Å²) in [5.74, 6) is 0.607. The number of hydrogen-bond donors (Lipinski definition) is 1. The molecule has 0 radical (unpaired) electrons. The topological polar surface area (TPSA) is 15.3 Å². The van der Waals surface area contributed by atoms with E-state index >= 15 is 0 Å². The summed E-state index contributed by atoms with van der Waals surface area (Å²) in [6, 6.07) is 5.31. The summed E-state index contributed by atoms with van der Waals surface area (Å²) >= 11 is 3.25. The maximum atomic E-state index is 13.2. The molecule has 1 saturated heterocycles. The van der Waals surface area contributed by atoms with Crippen LogP contribution in [0.2, 0.25) is 0 Å². The highest BCUT2D eigenvalue weighted by Crippen LogP contribution is 2.19. The van der Waals surface area contributed by atoms with Crippen LogP contribution in [0.4, 0.5) is 4.39 Å². The zero-order valence-corrected chi connectivity index (χ0v) is 13.0. The van der Waals surface area contributed by atoms with Crippen molar-refractivity contribution in [3.63, 3.8) is 0 Å². The molecule has 0 unspecified atom stereocenters. The number of piperidine rings is 1. The lowest BCUT2D eigenvalue weighted by atomic mass is 9.97. The lowest BCUT2D eigenvalue weighted by Gasteiger charge is -2.29. The van der Waals surface area contributed by atoms with Crippen molar-refractivity contribution in [2.45, 2.75) is 26.3 Å². The summed E-state index contributed by atoms with van der Waals surface area (Å²) in [6.45, 7) is 7.57. The predicted molar refractivity (Wildman–Crippen MR) is 80.6 cm³/mol. The fourth-order valence-corrected chi connectivity index (χ4v) is 3.06. The SMILES string of the molecule is CCN(Cc1ccc(F)c(Br)c1)CC1CCNCC1. The van der Waals surface area contributed by atoms with Gasteiger partial charge in [-0.25, -0.2) is 4.39 Å². The van der Waals surface area contributed by atoms with Crippen LogP contribution in [-0.4, -0.2) is 31.1 Å². The van der Waals surface area contributed by atoms with Crippen LogP contribution in [0.15, 0.2) is 22.7 Å². The Bertz CT molecular complexity index is 405. The lowest BCUT2D eigenvalue weighted by Crippen LogP contribution is -2.35. The Hall–Kier alpha value is -0.450. The summed E-state index contributed by atoms with van der Waals surface area (Å²) in [6.07, 6.45) is 2.53. The van der Waals surface area contributed by atoms with E-state index < -0.39 is 0 Å². The third-order valence-corrected chi connectivity index (χ3v) is 4.42.